The summed E-state index contributed by atoms with van der Waals surface area (Å²) in [6, 6.07) is 4.72. The molecule has 0 heterocycles. The minimum absolute atomic E-state index is 0.00346. The lowest BCUT2D eigenvalue weighted by Crippen LogP contribution is -2.34. The highest BCUT2D eigenvalue weighted by molar-refractivity contribution is 5.42. The molecule has 4 nitrogen and oxygen atoms in total. The predicted octanol–water partition coefficient (Wildman–Crippen LogP) is 2.16. The zero-order valence-electron chi connectivity index (χ0n) is 11.2. The maximum atomic E-state index is 12.2. The van der Waals surface area contributed by atoms with Gasteiger partial charge in [-0.1, -0.05) is 6.07 Å². The summed E-state index contributed by atoms with van der Waals surface area (Å²) in [4.78, 5) is 0. The van der Waals surface area contributed by atoms with Crippen LogP contribution in [0.4, 0.5) is 8.78 Å². The third kappa shape index (κ3) is 5.85. The second-order valence-corrected chi connectivity index (χ2v) is 4.78. The van der Waals surface area contributed by atoms with E-state index in [2.05, 4.69) is 10.1 Å². The Kier molecular flexibility index (Phi) is 5.50. The molecule has 0 radical (unpaired) electrons. The van der Waals surface area contributed by atoms with E-state index >= 15 is 0 Å². The van der Waals surface area contributed by atoms with Gasteiger partial charge in [-0.3, -0.25) is 0 Å². The maximum absolute atomic E-state index is 12.2. The first-order valence-electron chi connectivity index (χ1n) is 5.86. The summed E-state index contributed by atoms with van der Waals surface area (Å²) in [7, 11) is 1.39. The van der Waals surface area contributed by atoms with Gasteiger partial charge in [-0.05, 0) is 31.5 Å². The van der Waals surface area contributed by atoms with Crippen LogP contribution in [0.2, 0.25) is 0 Å². The standard InChI is InChI=1S/C13H19F2NO3/c1-13(2,17)8-16-7-9-4-5-10(19-12(14)15)11(6-9)18-3/h4-6,12,16-17H,7-8H2,1-3H3. The van der Waals surface area contributed by atoms with Crippen LogP contribution in [0.15, 0.2) is 18.2 Å². The van der Waals surface area contributed by atoms with E-state index in [-0.39, 0.29) is 11.5 Å². The number of aliphatic hydroxyl groups is 1. The number of rotatable bonds is 7. The highest BCUT2D eigenvalue weighted by atomic mass is 19.3. The van der Waals surface area contributed by atoms with Gasteiger partial charge >= 0.3 is 6.61 Å². The van der Waals surface area contributed by atoms with E-state index in [1.807, 2.05) is 0 Å². The second-order valence-electron chi connectivity index (χ2n) is 4.78. The van der Waals surface area contributed by atoms with E-state index in [0.717, 1.165) is 5.56 Å². The van der Waals surface area contributed by atoms with Gasteiger partial charge in [-0.2, -0.15) is 8.78 Å². The highest BCUT2D eigenvalue weighted by Crippen LogP contribution is 2.29. The zero-order valence-corrected chi connectivity index (χ0v) is 11.2. The fraction of sp³-hybridized carbons (Fsp3) is 0.538. The Bertz CT molecular complexity index is 405. The first-order chi connectivity index (χ1) is 8.81. The Morgan fingerprint density at radius 3 is 2.53 bits per heavy atom. The summed E-state index contributed by atoms with van der Waals surface area (Å²) in [6.07, 6.45) is 0. The molecule has 1 aromatic rings. The molecule has 1 rings (SSSR count). The normalized spacial score (nSPS) is 11.7. The Morgan fingerprint density at radius 1 is 1.32 bits per heavy atom. The number of halogens is 2. The third-order valence-corrected chi connectivity index (χ3v) is 2.33. The van der Waals surface area contributed by atoms with Crippen LogP contribution in [0, 0.1) is 0 Å². The molecule has 0 bridgehead atoms. The quantitative estimate of drug-likeness (QED) is 0.800. The third-order valence-electron chi connectivity index (χ3n) is 2.33. The van der Waals surface area contributed by atoms with Gasteiger partial charge in [0.05, 0.1) is 12.7 Å². The van der Waals surface area contributed by atoms with Crippen molar-refractivity contribution in [3.63, 3.8) is 0 Å². The van der Waals surface area contributed by atoms with Crippen LogP contribution in [-0.4, -0.2) is 31.0 Å². The molecule has 19 heavy (non-hydrogen) atoms. The average molecular weight is 275 g/mol. The van der Waals surface area contributed by atoms with Gasteiger partial charge in [0.1, 0.15) is 0 Å². The number of hydrogen-bond donors (Lipinski definition) is 2. The van der Waals surface area contributed by atoms with Crippen LogP contribution < -0.4 is 14.8 Å². The Hall–Kier alpha value is -1.40. The van der Waals surface area contributed by atoms with Crippen molar-refractivity contribution in [2.45, 2.75) is 32.6 Å². The monoisotopic (exact) mass is 275 g/mol. The van der Waals surface area contributed by atoms with Gasteiger partial charge < -0.3 is 19.9 Å². The number of benzene rings is 1. The molecule has 0 saturated carbocycles. The number of nitrogens with one attached hydrogen (secondary N) is 1. The Labute approximate surface area is 111 Å². The molecule has 0 fully saturated rings. The molecule has 6 heteroatoms. The van der Waals surface area contributed by atoms with Crippen molar-refractivity contribution >= 4 is 0 Å². The van der Waals surface area contributed by atoms with E-state index in [0.29, 0.717) is 13.1 Å². The summed E-state index contributed by atoms with van der Waals surface area (Å²) < 4.78 is 33.6. The lowest BCUT2D eigenvalue weighted by molar-refractivity contribution is -0.0512. The van der Waals surface area contributed by atoms with E-state index < -0.39 is 12.2 Å². The van der Waals surface area contributed by atoms with Crippen molar-refractivity contribution in [3.05, 3.63) is 23.8 Å². The van der Waals surface area contributed by atoms with E-state index in [4.69, 9.17) is 4.74 Å². The Balaban J connectivity index is 2.66. The van der Waals surface area contributed by atoms with Crippen LogP contribution in [-0.2, 0) is 6.54 Å². The molecule has 0 spiro atoms. The van der Waals surface area contributed by atoms with Crippen molar-refractivity contribution in [2.75, 3.05) is 13.7 Å². The van der Waals surface area contributed by atoms with Crippen LogP contribution in [0.25, 0.3) is 0 Å². The lowest BCUT2D eigenvalue weighted by Gasteiger charge is -2.18. The van der Waals surface area contributed by atoms with Crippen molar-refractivity contribution in [2.24, 2.45) is 0 Å². The van der Waals surface area contributed by atoms with Gasteiger partial charge in [0, 0.05) is 13.1 Å². The molecule has 108 valence electrons. The second kappa shape index (κ2) is 6.68. The molecule has 0 unspecified atom stereocenters. The predicted molar refractivity (Wildman–Crippen MR) is 67.6 cm³/mol. The Morgan fingerprint density at radius 2 is 2.00 bits per heavy atom. The minimum atomic E-state index is -2.88. The number of ether oxygens (including phenoxy) is 2. The SMILES string of the molecule is COc1cc(CNCC(C)(C)O)ccc1OC(F)F. The fourth-order valence-electron chi connectivity index (χ4n) is 1.53. The van der Waals surface area contributed by atoms with E-state index in [9.17, 15) is 13.9 Å². The first-order valence-corrected chi connectivity index (χ1v) is 5.86. The lowest BCUT2D eigenvalue weighted by atomic mass is 10.1. The smallest absolute Gasteiger partial charge is 0.387 e. The van der Waals surface area contributed by atoms with E-state index in [1.54, 1.807) is 26.0 Å². The topological polar surface area (TPSA) is 50.7 Å². The molecule has 0 aromatic heterocycles. The molecule has 0 saturated heterocycles. The largest absolute Gasteiger partial charge is 0.493 e. The van der Waals surface area contributed by atoms with Crippen LogP contribution in [0.5, 0.6) is 11.5 Å². The summed E-state index contributed by atoms with van der Waals surface area (Å²) >= 11 is 0. The molecular weight excluding hydrogens is 256 g/mol. The average Bonchev–Trinajstić information content (AvgIpc) is 2.28. The zero-order chi connectivity index (χ0) is 14.5. The fourth-order valence-corrected chi connectivity index (χ4v) is 1.53. The molecule has 0 aliphatic heterocycles. The number of hydrogen-bond acceptors (Lipinski definition) is 4. The van der Waals surface area contributed by atoms with Crippen LogP contribution >= 0.6 is 0 Å². The summed E-state index contributed by atoms with van der Waals surface area (Å²) in [6.45, 7) is 1.42. The van der Waals surface area contributed by atoms with Gasteiger partial charge in [-0.25, -0.2) is 0 Å². The van der Waals surface area contributed by atoms with Crippen LogP contribution in [0.3, 0.4) is 0 Å². The van der Waals surface area contributed by atoms with Crippen molar-refractivity contribution < 1.29 is 23.4 Å². The van der Waals surface area contributed by atoms with Gasteiger partial charge in [0.15, 0.2) is 11.5 Å². The molecule has 0 amide bonds. The summed E-state index contributed by atoms with van der Waals surface area (Å²) in [5.74, 6) is 0.256. The van der Waals surface area contributed by atoms with Crippen LogP contribution in [0.1, 0.15) is 19.4 Å². The van der Waals surface area contributed by atoms with Crippen molar-refractivity contribution in [3.8, 4) is 11.5 Å². The first kappa shape index (κ1) is 15.7. The maximum Gasteiger partial charge on any atom is 0.387 e. The van der Waals surface area contributed by atoms with Crippen molar-refractivity contribution in [1.29, 1.82) is 0 Å². The molecule has 1 aromatic carbocycles. The molecular formula is C13H19F2NO3. The number of methoxy groups -OCH3 is 1. The van der Waals surface area contributed by atoms with Gasteiger partial charge in [-0.15, -0.1) is 0 Å². The number of alkyl halides is 2. The highest BCUT2D eigenvalue weighted by Gasteiger charge is 2.13. The molecule has 0 atom stereocenters. The molecule has 0 aliphatic carbocycles. The minimum Gasteiger partial charge on any atom is -0.493 e. The molecule has 2 N–H and O–H groups in total. The summed E-state index contributed by atoms with van der Waals surface area (Å²) in [5, 5.41) is 12.6. The van der Waals surface area contributed by atoms with Gasteiger partial charge in [0.2, 0.25) is 0 Å². The van der Waals surface area contributed by atoms with E-state index in [1.165, 1.54) is 13.2 Å². The van der Waals surface area contributed by atoms with Crippen molar-refractivity contribution in [1.82, 2.24) is 5.32 Å². The summed E-state index contributed by atoms with van der Waals surface area (Å²) in [5.41, 5.74) is 0.0470. The molecule has 0 aliphatic rings. The van der Waals surface area contributed by atoms with Gasteiger partial charge in [0.25, 0.3) is 0 Å².